The Hall–Kier alpha value is -5.42. The summed E-state index contributed by atoms with van der Waals surface area (Å²) in [5, 5.41) is 24.4. The van der Waals surface area contributed by atoms with Crippen molar-refractivity contribution in [3.8, 4) is 0 Å². The molecule has 59 heavy (non-hydrogen) atoms. The summed E-state index contributed by atoms with van der Waals surface area (Å²) in [4.78, 5) is 104. The summed E-state index contributed by atoms with van der Waals surface area (Å²) in [5.74, 6) is -4.47. The molecule has 8 N–H and O–H groups in total. The predicted molar refractivity (Wildman–Crippen MR) is 224 cm³/mol. The van der Waals surface area contributed by atoms with E-state index in [-0.39, 0.29) is 57.6 Å². The Labute approximate surface area is 345 Å². The van der Waals surface area contributed by atoms with Crippen molar-refractivity contribution >= 4 is 64.2 Å². The first-order chi connectivity index (χ1) is 28.3. The average Bonchev–Trinajstić information content (AvgIpc) is 3.20. The smallest absolute Gasteiger partial charge is 0.326 e. The molecule has 324 valence electrons. The van der Waals surface area contributed by atoms with Gasteiger partial charge in [-0.2, -0.15) is 0 Å². The molecule has 0 aliphatic carbocycles. The van der Waals surface area contributed by atoms with Gasteiger partial charge in [-0.1, -0.05) is 57.6 Å². The summed E-state index contributed by atoms with van der Waals surface area (Å²) in [6.45, 7) is 2.40. The third-order valence-corrected chi connectivity index (χ3v) is 10.1. The largest absolute Gasteiger partial charge is 0.480 e. The average molecular weight is 823 g/mol. The number of carboxylic acid groups (broad SMARTS) is 1. The number of anilines is 1. The van der Waals surface area contributed by atoms with Crippen LogP contribution in [0, 0.1) is 0 Å². The van der Waals surface area contributed by atoms with Crippen molar-refractivity contribution < 1.29 is 43.5 Å². The van der Waals surface area contributed by atoms with Crippen LogP contribution >= 0.6 is 0 Å². The molecule has 0 radical (unpaired) electrons. The summed E-state index contributed by atoms with van der Waals surface area (Å²) in [6, 6.07) is 4.90. The maximum absolute atomic E-state index is 13.8. The maximum Gasteiger partial charge on any atom is 0.326 e. The van der Waals surface area contributed by atoms with Gasteiger partial charge in [0.05, 0.1) is 6.04 Å². The first-order valence-electron chi connectivity index (χ1n) is 20.7. The van der Waals surface area contributed by atoms with Crippen LogP contribution in [0.3, 0.4) is 0 Å². The van der Waals surface area contributed by atoms with Gasteiger partial charge < -0.3 is 47.1 Å². The second-order valence-electron chi connectivity index (χ2n) is 15.0. The van der Waals surface area contributed by atoms with E-state index in [1.54, 1.807) is 24.3 Å². The topological polar surface area (TPSA) is 249 Å². The quantitative estimate of drug-likeness (QED) is 0.0354. The van der Waals surface area contributed by atoms with E-state index in [0.29, 0.717) is 42.3 Å². The summed E-state index contributed by atoms with van der Waals surface area (Å²) < 4.78 is 0. The lowest BCUT2D eigenvalue weighted by atomic mass is 9.92. The van der Waals surface area contributed by atoms with Crippen molar-refractivity contribution in [3.63, 3.8) is 0 Å². The zero-order valence-corrected chi connectivity index (χ0v) is 34.6. The monoisotopic (exact) mass is 822 g/mol. The van der Waals surface area contributed by atoms with Gasteiger partial charge >= 0.3 is 5.97 Å². The van der Waals surface area contributed by atoms with Gasteiger partial charge in [0.1, 0.15) is 18.4 Å². The highest BCUT2D eigenvalue weighted by molar-refractivity contribution is 6.26. The first-order valence-corrected chi connectivity index (χ1v) is 20.7. The molecule has 3 atom stereocenters. The van der Waals surface area contributed by atoms with E-state index in [1.807, 2.05) is 25.1 Å². The minimum absolute atomic E-state index is 0.0134. The highest BCUT2D eigenvalue weighted by atomic mass is 16.4. The Morgan fingerprint density at radius 1 is 0.780 bits per heavy atom. The second kappa shape index (κ2) is 25.2. The minimum Gasteiger partial charge on any atom is -0.480 e. The molecular formula is C42H62N8O9. The fraction of sp³-hybridized carbons (Fsp3) is 0.571. The Morgan fingerprint density at radius 2 is 1.46 bits per heavy atom. The van der Waals surface area contributed by atoms with Crippen LogP contribution in [0.1, 0.15) is 111 Å². The Bertz CT molecular complexity index is 1760. The van der Waals surface area contributed by atoms with Gasteiger partial charge in [0, 0.05) is 93.7 Å². The van der Waals surface area contributed by atoms with Crippen LogP contribution in [0.25, 0.3) is 10.8 Å². The van der Waals surface area contributed by atoms with Gasteiger partial charge in [-0.15, -0.1) is 0 Å². The molecule has 0 saturated heterocycles. The number of carbonyl (C=O) groups is 8. The summed E-state index contributed by atoms with van der Waals surface area (Å²) >= 11 is 0. The third-order valence-electron chi connectivity index (χ3n) is 10.1. The molecule has 0 saturated carbocycles. The van der Waals surface area contributed by atoms with Crippen molar-refractivity contribution in [3.05, 3.63) is 41.5 Å². The fourth-order valence-corrected chi connectivity index (χ4v) is 6.83. The molecule has 6 amide bonds. The normalized spacial score (nSPS) is 13.7. The molecule has 0 aromatic heterocycles. The predicted octanol–water partition coefficient (Wildman–Crippen LogP) is 2.00. The maximum atomic E-state index is 13.8. The lowest BCUT2D eigenvalue weighted by Gasteiger charge is -2.30. The SMILES string of the molecule is CCCCCCCCCC(=O)NCCNC[C@H](N)C(=O)N[C@H](CCN1C(=O)c2cccc3c(N(C)C)ccc(c23)C1=O)C(=O)NCC[C@@H](NC(=O)CCCC=O)C(=O)O. The molecule has 0 bridgehead atoms. The molecule has 17 nitrogen and oxygen atoms in total. The van der Waals surface area contributed by atoms with Gasteiger partial charge in [-0.25, -0.2) is 4.79 Å². The number of hydrogen-bond donors (Lipinski definition) is 7. The number of unbranched alkanes of at least 4 members (excludes halogenated alkanes) is 7. The standard InChI is InChI=1S/C42H62N8O9/c1-4-5-6-7-8-9-10-16-35(52)45-24-23-44-27-31(43)38(54)48-32(39(55)46-22-20-33(42(58)59)47-36(53)17-11-12-26-51)21-25-50-40(56)29-15-13-14-28-34(49(2)3)19-18-30(37(28)29)41(50)57/h13-15,18-19,26,31-33,44H,4-12,16-17,20-25,27,43H2,1-3H3,(H,45,52)(H,46,55)(H,47,53)(H,48,54)(H,58,59)/t31-,32+,33+/m0/s1. The number of nitrogens with zero attached hydrogens (tertiary/aromatic N) is 2. The molecule has 2 aromatic rings. The molecule has 1 heterocycles. The Morgan fingerprint density at radius 3 is 2.14 bits per heavy atom. The van der Waals surface area contributed by atoms with Gasteiger partial charge in [0.15, 0.2) is 0 Å². The zero-order valence-electron chi connectivity index (χ0n) is 34.6. The number of aldehydes is 1. The van der Waals surface area contributed by atoms with E-state index in [9.17, 15) is 43.5 Å². The number of benzene rings is 2. The molecular weight excluding hydrogens is 761 g/mol. The van der Waals surface area contributed by atoms with E-state index in [4.69, 9.17) is 5.73 Å². The number of nitrogens with two attached hydrogens (primary N) is 1. The lowest BCUT2D eigenvalue weighted by molar-refractivity contribution is -0.142. The number of amides is 6. The van der Waals surface area contributed by atoms with Crippen LogP contribution in [-0.2, 0) is 28.8 Å². The minimum atomic E-state index is -1.34. The molecule has 2 aromatic carbocycles. The van der Waals surface area contributed by atoms with Gasteiger partial charge in [-0.3, -0.25) is 33.7 Å². The number of hydrogen-bond acceptors (Lipinski definition) is 11. The number of nitrogens with one attached hydrogen (secondary N) is 5. The van der Waals surface area contributed by atoms with Crippen molar-refractivity contribution in [2.24, 2.45) is 5.73 Å². The van der Waals surface area contributed by atoms with Gasteiger partial charge in [0.25, 0.3) is 11.8 Å². The van der Waals surface area contributed by atoms with E-state index >= 15 is 0 Å². The lowest BCUT2D eigenvalue weighted by Crippen LogP contribution is -2.55. The zero-order chi connectivity index (χ0) is 43.3. The highest BCUT2D eigenvalue weighted by Crippen LogP contribution is 2.35. The fourth-order valence-electron chi connectivity index (χ4n) is 6.83. The van der Waals surface area contributed by atoms with Crippen molar-refractivity contribution in [1.29, 1.82) is 0 Å². The summed E-state index contributed by atoms with van der Waals surface area (Å²) in [5.41, 5.74) is 7.64. The third kappa shape index (κ3) is 15.0. The molecule has 3 rings (SSSR count). The van der Waals surface area contributed by atoms with Gasteiger partial charge in [-0.05, 0) is 43.9 Å². The molecule has 1 aliphatic heterocycles. The second-order valence-corrected chi connectivity index (χ2v) is 15.0. The van der Waals surface area contributed by atoms with Crippen molar-refractivity contribution in [2.45, 2.75) is 109 Å². The van der Waals surface area contributed by atoms with E-state index in [1.165, 1.54) is 25.7 Å². The molecule has 1 aliphatic rings. The first kappa shape index (κ1) is 48.0. The van der Waals surface area contributed by atoms with E-state index in [2.05, 4.69) is 33.5 Å². The Kier molecular flexibility index (Phi) is 20.4. The van der Waals surface area contributed by atoms with Crippen LogP contribution in [0.4, 0.5) is 5.69 Å². The molecule has 17 heteroatoms. The summed E-state index contributed by atoms with van der Waals surface area (Å²) in [6.07, 6.45) is 8.85. The number of imide groups is 1. The molecule has 0 spiro atoms. The molecule has 0 fully saturated rings. The summed E-state index contributed by atoms with van der Waals surface area (Å²) in [7, 11) is 3.72. The van der Waals surface area contributed by atoms with Crippen molar-refractivity contribution in [1.82, 2.24) is 31.5 Å². The highest BCUT2D eigenvalue weighted by Gasteiger charge is 2.35. The van der Waals surface area contributed by atoms with Crippen LogP contribution in [-0.4, -0.2) is 123 Å². The Balaban J connectivity index is 1.62. The number of aliphatic carboxylic acids is 1. The van der Waals surface area contributed by atoms with Crippen LogP contribution in [0.5, 0.6) is 0 Å². The molecule has 0 unspecified atom stereocenters. The number of rotatable bonds is 29. The van der Waals surface area contributed by atoms with Crippen LogP contribution in [0.15, 0.2) is 30.3 Å². The van der Waals surface area contributed by atoms with Crippen LogP contribution < -0.4 is 37.2 Å². The van der Waals surface area contributed by atoms with E-state index < -0.39 is 53.6 Å². The number of carbonyl (C=O) groups excluding carboxylic acids is 7. The van der Waals surface area contributed by atoms with Crippen LogP contribution in [0.2, 0.25) is 0 Å². The van der Waals surface area contributed by atoms with Crippen molar-refractivity contribution in [2.75, 3.05) is 51.7 Å². The van der Waals surface area contributed by atoms with Gasteiger partial charge in [0.2, 0.25) is 23.6 Å². The van der Waals surface area contributed by atoms with E-state index in [0.717, 1.165) is 35.2 Å². The number of carboxylic acids is 1.